The minimum absolute atomic E-state index is 0.133. The number of nitrogens with one attached hydrogen (secondary N) is 2. The van der Waals surface area contributed by atoms with Crippen molar-refractivity contribution >= 4 is 5.91 Å². The molecule has 0 saturated heterocycles. The van der Waals surface area contributed by atoms with E-state index in [0.717, 1.165) is 13.1 Å². The van der Waals surface area contributed by atoms with Crippen molar-refractivity contribution in [1.82, 2.24) is 10.6 Å². The third-order valence-electron chi connectivity index (χ3n) is 1.86. The Kier molecular flexibility index (Phi) is 5.77. The monoisotopic (exact) mass is 200 g/mol. The summed E-state index contributed by atoms with van der Waals surface area (Å²) in [6.45, 7) is 12.1. The maximum Gasteiger partial charge on any atom is 0.221 e. The second-order valence-corrected chi connectivity index (χ2v) is 5.00. The van der Waals surface area contributed by atoms with Gasteiger partial charge in [-0.25, -0.2) is 0 Å². The van der Waals surface area contributed by atoms with Gasteiger partial charge in [0.25, 0.3) is 0 Å². The molecule has 0 heterocycles. The maximum atomic E-state index is 11.4. The number of rotatable bonds is 5. The third kappa shape index (κ3) is 8.05. The molecule has 0 aliphatic carbocycles. The summed E-state index contributed by atoms with van der Waals surface area (Å²) in [5, 5.41) is 6.15. The first kappa shape index (κ1) is 13.4. The molecule has 1 unspecified atom stereocenters. The van der Waals surface area contributed by atoms with Crippen molar-refractivity contribution in [2.75, 3.05) is 13.1 Å². The predicted octanol–water partition coefficient (Wildman–Crippen LogP) is 1.54. The van der Waals surface area contributed by atoms with Gasteiger partial charge in [-0.05, 0) is 18.9 Å². The first-order chi connectivity index (χ1) is 6.35. The van der Waals surface area contributed by atoms with Gasteiger partial charge in [-0.2, -0.15) is 0 Å². The lowest BCUT2D eigenvalue weighted by Gasteiger charge is -2.19. The van der Waals surface area contributed by atoms with E-state index in [1.807, 2.05) is 13.8 Å². The molecular weight excluding hydrogens is 176 g/mol. The van der Waals surface area contributed by atoms with E-state index in [2.05, 4.69) is 31.4 Å². The van der Waals surface area contributed by atoms with Crippen LogP contribution >= 0.6 is 0 Å². The number of amides is 1. The molecule has 0 saturated carbocycles. The van der Waals surface area contributed by atoms with Gasteiger partial charge in [-0.1, -0.05) is 27.7 Å². The van der Waals surface area contributed by atoms with Crippen LogP contribution in [0.25, 0.3) is 0 Å². The molecule has 0 aliphatic heterocycles. The summed E-state index contributed by atoms with van der Waals surface area (Å²) in [4.78, 5) is 11.4. The Morgan fingerprint density at radius 1 is 1.36 bits per heavy atom. The van der Waals surface area contributed by atoms with Crippen LogP contribution in [0.3, 0.4) is 0 Å². The molecule has 0 spiro atoms. The van der Waals surface area contributed by atoms with E-state index in [-0.39, 0.29) is 17.4 Å². The lowest BCUT2D eigenvalue weighted by Crippen LogP contribution is -2.37. The van der Waals surface area contributed by atoms with Crippen molar-refractivity contribution in [1.29, 1.82) is 0 Å². The molecule has 1 amide bonds. The minimum atomic E-state index is 0.133. The van der Waals surface area contributed by atoms with Crippen LogP contribution in [0.15, 0.2) is 0 Å². The van der Waals surface area contributed by atoms with Crippen molar-refractivity contribution < 1.29 is 4.79 Å². The molecule has 14 heavy (non-hydrogen) atoms. The highest BCUT2D eigenvalue weighted by Gasteiger charge is 2.13. The molecule has 2 N–H and O–H groups in total. The van der Waals surface area contributed by atoms with Gasteiger partial charge in [0, 0.05) is 19.0 Å². The average molecular weight is 200 g/mol. The number of hydrogen-bond acceptors (Lipinski definition) is 2. The summed E-state index contributed by atoms with van der Waals surface area (Å²) in [5.74, 6) is 0.133. The Labute approximate surface area is 87.6 Å². The lowest BCUT2D eigenvalue weighted by molar-refractivity contribution is -0.121. The fourth-order valence-electron chi connectivity index (χ4n) is 1.13. The Balaban J connectivity index is 3.65. The second kappa shape index (κ2) is 6.02. The fourth-order valence-corrected chi connectivity index (χ4v) is 1.13. The summed E-state index contributed by atoms with van der Waals surface area (Å²) in [5.41, 5.74) is 0.164. The zero-order chi connectivity index (χ0) is 11.2. The lowest BCUT2D eigenvalue weighted by atomic mass is 9.97. The molecule has 0 rings (SSSR count). The molecule has 1 atom stereocenters. The van der Waals surface area contributed by atoms with Gasteiger partial charge in [0.2, 0.25) is 5.91 Å². The minimum Gasteiger partial charge on any atom is -0.356 e. The van der Waals surface area contributed by atoms with Gasteiger partial charge in [0.15, 0.2) is 0 Å². The normalized spacial score (nSPS) is 13.8. The van der Waals surface area contributed by atoms with Crippen LogP contribution in [-0.4, -0.2) is 25.0 Å². The Hall–Kier alpha value is -0.570. The topological polar surface area (TPSA) is 41.1 Å². The molecule has 0 radical (unpaired) electrons. The van der Waals surface area contributed by atoms with Crippen LogP contribution in [-0.2, 0) is 4.79 Å². The van der Waals surface area contributed by atoms with Crippen LogP contribution < -0.4 is 10.6 Å². The van der Waals surface area contributed by atoms with E-state index in [1.54, 1.807) is 0 Å². The van der Waals surface area contributed by atoms with Crippen LogP contribution in [0, 0.1) is 5.41 Å². The highest BCUT2D eigenvalue weighted by Crippen LogP contribution is 2.10. The largest absolute Gasteiger partial charge is 0.356 e. The van der Waals surface area contributed by atoms with Crippen LogP contribution in [0.4, 0.5) is 0 Å². The van der Waals surface area contributed by atoms with Gasteiger partial charge < -0.3 is 10.6 Å². The molecule has 0 bridgehead atoms. The number of carbonyl (C=O) groups is 1. The summed E-state index contributed by atoms with van der Waals surface area (Å²) in [6.07, 6.45) is 0.559. The highest BCUT2D eigenvalue weighted by molar-refractivity contribution is 5.76. The Bertz CT molecular complexity index is 173. The van der Waals surface area contributed by atoms with Gasteiger partial charge in [-0.15, -0.1) is 0 Å². The summed E-state index contributed by atoms with van der Waals surface area (Å²) in [6, 6.07) is 0.264. The van der Waals surface area contributed by atoms with Crippen molar-refractivity contribution in [3.63, 3.8) is 0 Å². The van der Waals surface area contributed by atoms with Crippen molar-refractivity contribution in [2.24, 2.45) is 5.41 Å². The molecule has 3 nitrogen and oxygen atoms in total. The van der Waals surface area contributed by atoms with E-state index in [0.29, 0.717) is 6.42 Å². The Morgan fingerprint density at radius 3 is 2.36 bits per heavy atom. The van der Waals surface area contributed by atoms with E-state index < -0.39 is 0 Å². The molecule has 0 aromatic heterocycles. The number of carbonyl (C=O) groups excluding carboxylic acids is 1. The zero-order valence-corrected chi connectivity index (χ0v) is 10.1. The molecule has 3 heteroatoms. The first-order valence-corrected chi connectivity index (χ1v) is 5.35. The summed E-state index contributed by atoms with van der Waals surface area (Å²) < 4.78 is 0. The fraction of sp³-hybridized carbons (Fsp3) is 0.909. The van der Waals surface area contributed by atoms with Crippen LogP contribution in [0.1, 0.15) is 41.0 Å². The first-order valence-electron chi connectivity index (χ1n) is 5.35. The van der Waals surface area contributed by atoms with Gasteiger partial charge in [0.05, 0.1) is 0 Å². The zero-order valence-electron chi connectivity index (χ0n) is 10.1. The van der Waals surface area contributed by atoms with Gasteiger partial charge in [0.1, 0.15) is 0 Å². The standard InChI is InChI=1S/C11H24N2O/c1-6-12-9(2)7-10(14)13-8-11(3,4)5/h9,12H,6-8H2,1-5H3,(H,13,14). The smallest absolute Gasteiger partial charge is 0.221 e. The molecule has 0 fully saturated rings. The van der Waals surface area contributed by atoms with Crippen molar-refractivity contribution in [3.05, 3.63) is 0 Å². The van der Waals surface area contributed by atoms with Gasteiger partial charge >= 0.3 is 0 Å². The maximum absolute atomic E-state index is 11.4. The number of hydrogen-bond donors (Lipinski definition) is 2. The quantitative estimate of drug-likeness (QED) is 0.707. The Morgan fingerprint density at radius 2 is 1.93 bits per heavy atom. The van der Waals surface area contributed by atoms with E-state index in [9.17, 15) is 4.79 Å². The molecule has 0 aliphatic rings. The van der Waals surface area contributed by atoms with Crippen LogP contribution in [0.5, 0.6) is 0 Å². The van der Waals surface area contributed by atoms with Crippen LogP contribution in [0.2, 0.25) is 0 Å². The van der Waals surface area contributed by atoms with Crippen molar-refractivity contribution in [3.8, 4) is 0 Å². The van der Waals surface area contributed by atoms with E-state index >= 15 is 0 Å². The summed E-state index contributed by atoms with van der Waals surface area (Å²) >= 11 is 0. The van der Waals surface area contributed by atoms with Crippen molar-refractivity contribution in [2.45, 2.75) is 47.1 Å². The molecular formula is C11H24N2O. The van der Waals surface area contributed by atoms with E-state index in [1.165, 1.54) is 0 Å². The predicted molar refractivity (Wildman–Crippen MR) is 60.2 cm³/mol. The van der Waals surface area contributed by atoms with Gasteiger partial charge in [-0.3, -0.25) is 4.79 Å². The summed E-state index contributed by atoms with van der Waals surface area (Å²) in [7, 11) is 0. The molecule has 84 valence electrons. The molecule has 0 aromatic rings. The third-order valence-corrected chi connectivity index (χ3v) is 1.86. The molecule has 0 aromatic carbocycles. The SMILES string of the molecule is CCNC(C)CC(=O)NCC(C)(C)C. The average Bonchev–Trinajstić information content (AvgIpc) is 2.00. The second-order valence-electron chi connectivity index (χ2n) is 5.00. The van der Waals surface area contributed by atoms with E-state index in [4.69, 9.17) is 0 Å². The highest BCUT2D eigenvalue weighted by atomic mass is 16.1.